The molecule has 162 valence electrons. The van der Waals surface area contributed by atoms with E-state index in [1.165, 1.54) is 10.5 Å². The average molecular weight is 435 g/mol. The summed E-state index contributed by atoms with van der Waals surface area (Å²) >= 11 is 0. The van der Waals surface area contributed by atoms with Crippen LogP contribution >= 0.6 is 0 Å². The van der Waals surface area contributed by atoms with Crippen LogP contribution in [0.1, 0.15) is 19.4 Å². The van der Waals surface area contributed by atoms with Gasteiger partial charge in [0.1, 0.15) is 17.7 Å². The molecule has 1 atom stereocenters. The molecular formula is C20H26N4O5S. The van der Waals surface area contributed by atoms with E-state index in [1.54, 1.807) is 49.1 Å². The molecule has 0 spiro atoms. The molecule has 0 aromatic heterocycles. The first-order valence-electron chi connectivity index (χ1n) is 9.52. The van der Waals surface area contributed by atoms with Gasteiger partial charge in [-0.3, -0.25) is 4.79 Å². The number of carbonyl (C=O) groups excluding carboxylic acids is 1. The topological polar surface area (TPSA) is 131 Å². The van der Waals surface area contributed by atoms with Crippen LogP contribution in [0.5, 0.6) is 0 Å². The van der Waals surface area contributed by atoms with Crippen LogP contribution in [0.3, 0.4) is 0 Å². The van der Waals surface area contributed by atoms with E-state index >= 15 is 0 Å². The Kier molecular flexibility index (Phi) is 7.59. The maximum atomic E-state index is 12.8. The first-order valence-corrected chi connectivity index (χ1v) is 11.0. The standard InChI is InChI=1S/C20H26N4O5S/c1-14(2)18(20(26)27)22-19(25)16(12-21)13-23-8-10-24(11-9-23)30(28,29)17-6-4-15(3)5-7-17/h4-7,13-14,18H,8-11H2,1-3H3,(H,22,25)(H,26,27)/b16-13-. The minimum absolute atomic E-state index is 0.205. The molecule has 2 rings (SSSR count). The zero-order valence-corrected chi connectivity index (χ0v) is 18.0. The van der Waals surface area contributed by atoms with Gasteiger partial charge in [-0.1, -0.05) is 31.5 Å². The Bertz CT molecular complexity index is 956. The summed E-state index contributed by atoms with van der Waals surface area (Å²) in [6.07, 6.45) is 1.35. The van der Waals surface area contributed by atoms with E-state index in [9.17, 15) is 28.4 Å². The van der Waals surface area contributed by atoms with Crippen LogP contribution in [0.15, 0.2) is 40.9 Å². The second-order valence-corrected chi connectivity index (χ2v) is 9.38. The van der Waals surface area contributed by atoms with Crippen molar-refractivity contribution in [1.82, 2.24) is 14.5 Å². The van der Waals surface area contributed by atoms with Crippen molar-refractivity contribution in [3.05, 3.63) is 41.6 Å². The second kappa shape index (κ2) is 9.73. The monoisotopic (exact) mass is 434 g/mol. The number of hydrogen-bond acceptors (Lipinski definition) is 6. The van der Waals surface area contributed by atoms with Crippen molar-refractivity contribution < 1.29 is 23.1 Å². The number of amides is 1. The average Bonchev–Trinajstić information content (AvgIpc) is 2.70. The van der Waals surface area contributed by atoms with Gasteiger partial charge < -0.3 is 15.3 Å². The summed E-state index contributed by atoms with van der Waals surface area (Å²) in [5.74, 6) is -2.29. The van der Waals surface area contributed by atoms with Crippen molar-refractivity contribution in [3.8, 4) is 6.07 Å². The van der Waals surface area contributed by atoms with Crippen molar-refractivity contribution in [2.24, 2.45) is 5.92 Å². The number of sulfonamides is 1. The Morgan fingerprint density at radius 3 is 2.20 bits per heavy atom. The lowest BCUT2D eigenvalue weighted by Gasteiger charge is -2.33. The molecule has 0 bridgehead atoms. The summed E-state index contributed by atoms with van der Waals surface area (Å²) in [5, 5.41) is 20.9. The number of aryl methyl sites for hydroxylation is 1. The third-order valence-electron chi connectivity index (χ3n) is 4.83. The molecule has 1 amide bonds. The number of carbonyl (C=O) groups is 2. The van der Waals surface area contributed by atoms with Gasteiger partial charge >= 0.3 is 5.97 Å². The SMILES string of the molecule is Cc1ccc(S(=O)(=O)N2CCN(/C=C(/C#N)C(=O)NC(C(=O)O)C(C)C)CC2)cc1. The molecular weight excluding hydrogens is 408 g/mol. The lowest BCUT2D eigenvalue weighted by Crippen LogP contribution is -2.47. The molecule has 1 aliphatic heterocycles. The molecule has 1 saturated heterocycles. The molecule has 10 heteroatoms. The normalized spacial score (nSPS) is 16.8. The summed E-state index contributed by atoms with van der Waals surface area (Å²) in [7, 11) is -3.61. The number of rotatable bonds is 7. The van der Waals surface area contributed by atoms with E-state index in [1.807, 2.05) is 6.92 Å². The van der Waals surface area contributed by atoms with Gasteiger partial charge in [0, 0.05) is 32.4 Å². The predicted octanol–water partition coefficient (Wildman–Crippen LogP) is 0.934. The Morgan fingerprint density at radius 2 is 1.73 bits per heavy atom. The van der Waals surface area contributed by atoms with Gasteiger partial charge in [0.25, 0.3) is 5.91 Å². The fourth-order valence-electron chi connectivity index (χ4n) is 2.99. The number of carboxylic acids is 1. The van der Waals surface area contributed by atoms with E-state index in [0.29, 0.717) is 13.1 Å². The van der Waals surface area contributed by atoms with Crippen LogP contribution in [0, 0.1) is 24.2 Å². The summed E-state index contributed by atoms with van der Waals surface area (Å²) in [6, 6.07) is 7.31. The number of hydrogen-bond donors (Lipinski definition) is 2. The molecule has 1 unspecified atom stereocenters. The minimum atomic E-state index is -3.61. The van der Waals surface area contributed by atoms with Gasteiger partial charge in [-0.15, -0.1) is 0 Å². The first kappa shape index (κ1) is 23.4. The molecule has 0 aliphatic carbocycles. The van der Waals surface area contributed by atoms with Crippen LogP contribution < -0.4 is 5.32 Å². The molecule has 2 N–H and O–H groups in total. The summed E-state index contributed by atoms with van der Waals surface area (Å²) in [5.41, 5.74) is 0.741. The zero-order valence-electron chi connectivity index (χ0n) is 17.2. The third-order valence-corrected chi connectivity index (χ3v) is 6.74. The lowest BCUT2D eigenvalue weighted by molar-refractivity contribution is -0.142. The number of nitrogens with zero attached hydrogens (tertiary/aromatic N) is 3. The van der Waals surface area contributed by atoms with Gasteiger partial charge in [0.15, 0.2) is 0 Å². The Morgan fingerprint density at radius 1 is 1.17 bits per heavy atom. The lowest BCUT2D eigenvalue weighted by atomic mass is 10.0. The van der Waals surface area contributed by atoms with Crippen LogP contribution in [0.4, 0.5) is 0 Å². The van der Waals surface area contributed by atoms with E-state index in [0.717, 1.165) is 5.56 Å². The molecule has 1 aromatic carbocycles. The second-order valence-electron chi connectivity index (χ2n) is 7.44. The van der Waals surface area contributed by atoms with Crippen molar-refractivity contribution in [2.75, 3.05) is 26.2 Å². The van der Waals surface area contributed by atoms with Gasteiger partial charge in [0.2, 0.25) is 10.0 Å². The van der Waals surface area contributed by atoms with Crippen molar-refractivity contribution in [2.45, 2.75) is 31.7 Å². The Labute approximate surface area is 176 Å². The highest BCUT2D eigenvalue weighted by molar-refractivity contribution is 7.89. The number of piperazine rings is 1. The molecule has 30 heavy (non-hydrogen) atoms. The fraction of sp³-hybridized carbons (Fsp3) is 0.450. The van der Waals surface area contributed by atoms with Crippen molar-refractivity contribution in [1.29, 1.82) is 5.26 Å². The molecule has 1 aliphatic rings. The van der Waals surface area contributed by atoms with Crippen molar-refractivity contribution in [3.63, 3.8) is 0 Å². The predicted molar refractivity (Wildman–Crippen MR) is 110 cm³/mol. The number of nitriles is 1. The highest BCUT2D eigenvalue weighted by Gasteiger charge is 2.29. The number of nitrogens with one attached hydrogen (secondary N) is 1. The van der Waals surface area contributed by atoms with Gasteiger partial charge in [-0.2, -0.15) is 9.57 Å². The highest BCUT2D eigenvalue weighted by atomic mass is 32.2. The Balaban J connectivity index is 2.05. The van der Waals surface area contributed by atoms with Gasteiger partial charge in [0.05, 0.1) is 4.90 Å². The van der Waals surface area contributed by atoms with Gasteiger partial charge in [-0.25, -0.2) is 13.2 Å². The maximum Gasteiger partial charge on any atom is 0.326 e. The van der Waals surface area contributed by atoms with E-state index in [2.05, 4.69) is 5.32 Å². The third kappa shape index (κ3) is 5.58. The fourth-order valence-corrected chi connectivity index (χ4v) is 4.41. The molecule has 0 radical (unpaired) electrons. The van der Waals surface area contributed by atoms with Crippen LogP contribution in [-0.2, 0) is 19.6 Å². The quantitative estimate of drug-likeness (QED) is 0.482. The zero-order chi connectivity index (χ0) is 22.5. The molecule has 0 saturated carbocycles. The molecule has 1 aromatic rings. The number of benzene rings is 1. The van der Waals surface area contributed by atoms with Crippen LogP contribution in [-0.4, -0.2) is 66.8 Å². The molecule has 1 heterocycles. The summed E-state index contributed by atoms with van der Waals surface area (Å²) in [6.45, 7) is 6.20. The van der Waals surface area contributed by atoms with Gasteiger partial charge in [-0.05, 0) is 25.0 Å². The van der Waals surface area contributed by atoms with Crippen molar-refractivity contribution >= 4 is 21.9 Å². The largest absolute Gasteiger partial charge is 0.480 e. The number of carboxylic acid groups (broad SMARTS) is 1. The van der Waals surface area contributed by atoms with Crippen LogP contribution in [0.2, 0.25) is 0 Å². The van der Waals surface area contributed by atoms with E-state index in [4.69, 9.17) is 0 Å². The van der Waals surface area contributed by atoms with E-state index in [-0.39, 0.29) is 29.5 Å². The highest BCUT2D eigenvalue weighted by Crippen LogP contribution is 2.18. The summed E-state index contributed by atoms with van der Waals surface area (Å²) in [4.78, 5) is 25.5. The maximum absolute atomic E-state index is 12.8. The number of aliphatic carboxylic acids is 1. The van der Waals surface area contributed by atoms with E-state index < -0.39 is 27.9 Å². The summed E-state index contributed by atoms with van der Waals surface area (Å²) < 4.78 is 26.9. The smallest absolute Gasteiger partial charge is 0.326 e. The van der Waals surface area contributed by atoms with Crippen LogP contribution in [0.25, 0.3) is 0 Å². The molecule has 1 fully saturated rings. The molecule has 9 nitrogen and oxygen atoms in total. The first-order chi connectivity index (χ1) is 14.1. The Hall–Kier alpha value is -2.90. The minimum Gasteiger partial charge on any atom is -0.480 e.